The van der Waals surface area contributed by atoms with Crippen LogP contribution in [-0.4, -0.2) is 37.0 Å². The molecule has 122 valence electrons. The maximum Gasteiger partial charge on any atom is 0.322 e. The summed E-state index contributed by atoms with van der Waals surface area (Å²) in [5.74, 6) is 0.652. The van der Waals surface area contributed by atoms with Crippen LogP contribution in [0.2, 0.25) is 0 Å². The number of benzene rings is 1. The lowest BCUT2D eigenvalue weighted by Crippen LogP contribution is -2.36. The summed E-state index contributed by atoms with van der Waals surface area (Å²) in [6, 6.07) is 6.79. The SMILES string of the molecule is O=C(CC[C@H]1NC(=O)NC1=O)NC[C@@H]1COc2ccccc2C1. The number of rotatable bonds is 5. The smallest absolute Gasteiger partial charge is 0.322 e. The fourth-order valence-electron chi connectivity index (χ4n) is 2.81. The molecule has 3 rings (SSSR count). The van der Waals surface area contributed by atoms with Gasteiger partial charge in [0.05, 0.1) is 6.61 Å². The molecule has 3 N–H and O–H groups in total. The molecule has 7 heteroatoms. The maximum absolute atomic E-state index is 11.9. The maximum atomic E-state index is 11.9. The van der Waals surface area contributed by atoms with E-state index in [9.17, 15) is 14.4 Å². The summed E-state index contributed by atoms with van der Waals surface area (Å²) in [7, 11) is 0. The molecule has 0 saturated carbocycles. The molecule has 0 bridgehead atoms. The molecule has 0 aliphatic carbocycles. The number of hydrogen-bond donors (Lipinski definition) is 3. The molecule has 0 aromatic heterocycles. The molecule has 4 amide bonds. The molecular formula is C16H19N3O4. The Bertz CT molecular complexity index is 632. The highest BCUT2D eigenvalue weighted by atomic mass is 16.5. The molecule has 2 heterocycles. The zero-order valence-corrected chi connectivity index (χ0v) is 12.6. The van der Waals surface area contributed by atoms with E-state index >= 15 is 0 Å². The van der Waals surface area contributed by atoms with E-state index < -0.39 is 12.1 Å². The van der Waals surface area contributed by atoms with Crippen LogP contribution in [0.1, 0.15) is 18.4 Å². The van der Waals surface area contributed by atoms with E-state index in [1.807, 2.05) is 24.3 Å². The highest BCUT2D eigenvalue weighted by Crippen LogP contribution is 2.26. The number of nitrogens with one attached hydrogen (secondary N) is 3. The van der Waals surface area contributed by atoms with Gasteiger partial charge in [-0.05, 0) is 24.5 Å². The van der Waals surface area contributed by atoms with Crippen molar-refractivity contribution in [3.63, 3.8) is 0 Å². The Labute approximate surface area is 133 Å². The van der Waals surface area contributed by atoms with Gasteiger partial charge >= 0.3 is 6.03 Å². The van der Waals surface area contributed by atoms with Gasteiger partial charge in [-0.1, -0.05) is 18.2 Å². The number of imide groups is 1. The summed E-state index contributed by atoms with van der Waals surface area (Å²) in [6.45, 7) is 1.12. The van der Waals surface area contributed by atoms with E-state index in [4.69, 9.17) is 4.74 Å². The van der Waals surface area contributed by atoms with Crippen LogP contribution in [0, 0.1) is 5.92 Å². The fourth-order valence-corrected chi connectivity index (χ4v) is 2.81. The van der Waals surface area contributed by atoms with Crippen LogP contribution in [0.15, 0.2) is 24.3 Å². The molecule has 1 aromatic carbocycles. The first-order valence-corrected chi connectivity index (χ1v) is 7.70. The summed E-state index contributed by atoms with van der Waals surface area (Å²) < 4.78 is 5.68. The Balaban J connectivity index is 1.40. The van der Waals surface area contributed by atoms with Gasteiger partial charge in [0.25, 0.3) is 5.91 Å². The Morgan fingerprint density at radius 3 is 2.91 bits per heavy atom. The van der Waals surface area contributed by atoms with Crippen molar-refractivity contribution in [2.75, 3.05) is 13.2 Å². The molecule has 2 atom stereocenters. The lowest BCUT2D eigenvalue weighted by molar-refractivity contribution is -0.122. The second-order valence-electron chi connectivity index (χ2n) is 5.85. The van der Waals surface area contributed by atoms with Crippen LogP contribution < -0.4 is 20.7 Å². The van der Waals surface area contributed by atoms with Gasteiger partial charge in [-0.2, -0.15) is 0 Å². The Morgan fingerprint density at radius 2 is 2.13 bits per heavy atom. The van der Waals surface area contributed by atoms with Crippen molar-refractivity contribution in [2.45, 2.75) is 25.3 Å². The van der Waals surface area contributed by atoms with E-state index in [0.29, 0.717) is 19.6 Å². The predicted octanol–water partition coefficient (Wildman–Crippen LogP) is 0.342. The standard InChI is InChI=1S/C16H19N3O4/c20-14(6-5-12-15(21)19-16(22)18-12)17-8-10-7-11-3-1-2-4-13(11)23-9-10/h1-4,10,12H,5-9H2,(H,17,20)(H2,18,19,21,22)/t10-,12-/m1/s1. The topological polar surface area (TPSA) is 96.5 Å². The number of carbonyl (C=O) groups is 3. The molecule has 1 saturated heterocycles. The van der Waals surface area contributed by atoms with Gasteiger partial charge < -0.3 is 15.4 Å². The zero-order chi connectivity index (χ0) is 16.2. The Hall–Kier alpha value is -2.57. The summed E-state index contributed by atoms with van der Waals surface area (Å²) in [4.78, 5) is 34.2. The highest BCUT2D eigenvalue weighted by Gasteiger charge is 2.29. The first-order valence-electron chi connectivity index (χ1n) is 7.70. The second kappa shape index (κ2) is 6.68. The Morgan fingerprint density at radius 1 is 1.30 bits per heavy atom. The summed E-state index contributed by atoms with van der Waals surface area (Å²) in [5.41, 5.74) is 1.16. The van der Waals surface area contributed by atoms with Gasteiger partial charge in [0.2, 0.25) is 5.91 Å². The van der Waals surface area contributed by atoms with Gasteiger partial charge in [-0.15, -0.1) is 0 Å². The molecule has 7 nitrogen and oxygen atoms in total. The van der Waals surface area contributed by atoms with Crippen LogP contribution >= 0.6 is 0 Å². The van der Waals surface area contributed by atoms with Crippen molar-refractivity contribution in [1.29, 1.82) is 0 Å². The van der Waals surface area contributed by atoms with Crippen molar-refractivity contribution < 1.29 is 19.1 Å². The number of amides is 4. The van der Waals surface area contributed by atoms with Gasteiger partial charge in [0.15, 0.2) is 0 Å². The minimum atomic E-state index is -0.613. The quantitative estimate of drug-likeness (QED) is 0.682. The lowest BCUT2D eigenvalue weighted by Gasteiger charge is -2.25. The van der Waals surface area contributed by atoms with Crippen LogP contribution in [0.5, 0.6) is 5.75 Å². The lowest BCUT2D eigenvalue weighted by atomic mass is 9.96. The predicted molar refractivity (Wildman–Crippen MR) is 81.8 cm³/mol. The third kappa shape index (κ3) is 3.80. The van der Waals surface area contributed by atoms with Crippen LogP contribution in [0.4, 0.5) is 4.79 Å². The van der Waals surface area contributed by atoms with Crippen molar-refractivity contribution in [1.82, 2.24) is 16.0 Å². The summed E-state index contributed by atoms with van der Waals surface area (Å²) >= 11 is 0. The summed E-state index contributed by atoms with van der Waals surface area (Å²) in [5, 5.41) is 7.49. The van der Waals surface area contributed by atoms with Crippen molar-refractivity contribution in [3.8, 4) is 5.75 Å². The minimum absolute atomic E-state index is 0.127. The molecule has 0 unspecified atom stereocenters. The number of fused-ring (bicyclic) bond motifs is 1. The molecule has 0 radical (unpaired) electrons. The normalized spacial score (nSPS) is 22.6. The van der Waals surface area contributed by atoms with Crippen LogP contribution in [-0.2, 0) is 16.0 Å². The third-order valence-corrected chi connectivity index (χ3v) is 4.06. The van der Waals surface area contributed by atoms with E-state index in [-0.39, 0.29) is 24.2 Å². The van der Waals surface area contributed by atoms with Crippen molar-refractivity contribution >= 4 is 17.8 Å². The van der Waals surface area contributed by atoms with Crippen molar-refractivity contribution in [3.05, 3.63) is 29.8 Å². The molecule has 23 heavy (non-hydrogen) atoms. The average molecular weight is 317 g/mol. The number of urea groups is 1. The first kappa shape index (κ1) is 15.3. The molecular weight excluding hydrogens is 298 g/mol. The third-order valence-electron chi connectivity index (χ3n) is 4.06. The first-order chi connectivity index (χ1) is 11.1. The van der Waals surface area contributed by atoms with Crippen molar-refractivity contribution in [2.24, 2.45) is 5.92 Å². The van der Waals surface area contributed by atoms with Gasteiger partial charge in [0.1, 0.15) is 11.8 Å². The summed E-state index contributed by atoms with van der Waals surface area (Å²) in [6.07, 6.45) is 1.37. The Kier molecular flexibility index (Phi) is 4.45. The zero-order valence-electron chi connectivity index (χ0n) is 12.6. The van der Waals surface area contributed by atoms with Gasteiger partial charge in [0, 0.05) is 18.9 Å². The number of carbonyl (C=O) groups excluding carboxylic acids is 3. The van der Waals surface area contributed by atoms with E-state index in [0.717, 1.165) is 17.7 Å². The number of ether oxygens (including phenoxy) is 1. The monoisotopic (exact) mass is 317 g/mol. The molecule has 2 aliphatic rings. The number of para-hydroxylation sites is 1. The molecule has 0 spiro atoms. The fraction of sp³-hybridized carbons (Fsp3) is 0.438. The van der Waals surface area contributed by atoms with Gasteiger partial charge in [-0.3, -0.25) is 14.9 Å². The molecule has 1 fully saturated rings. The van der Waals surface area contributed by atoms with Gasteiger partial charge in [-0.25, -0.2) is 4.79 Å². The highest BCUT2D eigenvalue weighted by molar-refractivity contribution is 6.04. The van der Waals surface area contributed by atoms with E-state index in [1.54, 1.807) is 0 Å². The van der Waals surface area contributed by atoms with E-state index in [1.165, 1.54) is 0 Å². The van der Waals surface area contributed by atoms with Crippen LogP contribution in [0.25, 0.3) is 0 Å². The van der Waals surface area contributed by atoms with E-state index in [2.05, 4.69) is 16.0 Å². The largest absolute Gasteiger partial charge is 0.493 e. The average Bonchev–Trinajstić information content (AvgIpc) is 2.88. The number of hydrogen-bond acceptors (Lipinski definition) is 4. The molecule has 2 aliphatic heterocycles. The second-order valence-corrected chi connectivity index (χ2v) is 5.85. The minimum Gasteiger partial charge on any atom is -0.493 e. The molecule has 1 aromatic rings. The van der Waals surface area contributed by atoms with Crippen LogP contribution in [0.3, 0.4) is 0 Å².